The predicted octanol–water partition coefficient (Wildman–Crippen LogP) is 2.27. The molecule has 0 aromatic carbocycles. The van der Waals surface area contributed by atoms with E-state index in [0.717, 1.165) is 5.56 Å². The largest absolute Gasteiger partial charge is 0.481 e. The lowest BCUT2D eigenvalue weighted by Crippen LogP contribution is -2.11. The zero-order valence-corrected chi connectivity index (χ0v) is 12.0. The molecule has 0 bridgehead atoms. The minimum Gasteiger partial charge on any atom is -0.481 e. The van der Waals surface area contributed by atoms with Crippen molar-refractivity contribution >= 4 is 11.8 Å². The molecule has 21 heavy (non-hydrogen) atoms. The smallest absolute Gasteiger partial charge is 0.341 e. The van der Waals surface area contributed by atoms with Crippen LogP contribution in [0.1, 0.15) is 22.8 Å². The van der Waals surface area contributed by atoms with Crippen molar-refractivity contribution in [1.82, 2.24) is 9.97 Å². The number of nitrogens with zero attached hydrogens (tertiary/aromatic N) is 2. The molecule has 0 radical (unpaired) electrons. The standard InChI is InChI=1S/C15H17N3O3/c1-3-21-15(19)12-7-5-8-16-13(12)18-10-11-6-4-9-17-14(11)20-2/h4-9H,3,10H2,1-2H3,(H,16,18). The van der Waals surface area contributed by atoms with Crippen LogP contribution in [0.4, 0.5) is 5.82 Å². The molecular formula is C15H17N3O3. The highest BCUT2D eigenvalue weighted by Gasteiger charge is 2.13. The SMILES string of the molecule is CCOC(=O)c1cccnc1NCc1cccnc1OC. The van der Waals surface area contributed by atoms with Crippen molar-refractivity contribution in [3.8, 4) is 5.88 Å². The molecule has 110 valence electrons. The van der Waals surface area contributed by atoms with Gasteiger partial charge in [-0.05, 0) is 25.1 Å². The second-order valence-corrected chi connectivity index (χ2v) is 4.15. The Balaban J connectivity index is 2.15. The molecule has 0 saturated carbocycles. The van der Waals surface area contributed by atoms with E-state index in [1.807, 2.05) is 12.1 Å². The molecule has 1 N–H and O–H groups in total. The highest BCUT2D eigenvalue weighted by Crippen LogP contribution is 2.18. The first-order valence-electron chi connectivity index (χ1n) is 6.60. The fourth-order valence-electron chi connectivity index (χ4n) is 1.84. The van der Waals surface area contributed by atoms with Crippen LogP contribution < -0.4 is 10.1 Å². The summed E-state index contributed by atoms with van der Waals surface area (Å²) < 4.78 is 10.2. The lowest BCUT2D eigenvalue weighted by atomic mass is 10.2. The first kappa shape index (κ1) is 14.8. The van der Waals surface area contributed by atoms with E-state index in [-0.39, 0.29) is 0 Å². The Hall–Kier alpha value is -2.63. The van der Waals surface area contributed by atoms with Gasteiger partial charge in [0.05, 0.1) is 13.7 Å². The highest BCUT2D eigenvalue weighted by atomic mass is 16.5. The van der Waals surface area contributed by atoms with Gasteiger partial charge in [0.25, 0.3) is 0 Å². The maximum atomic E-state index is 11.9. The Bertz CT molecular complexity index is 617. The van der Waals surface area contributed by atoms with Crippen LogP contribution in [0.25, 0.3) is 0 Å². The van der Waals surface area contributed by atoms with Crippen LogP contribution in [-0.4, -0.2) is 29.7 Å². The van der Waals surface area contributed by atoms with Crippen molar-refractivity contribution in [1.29, 1.82) is 0 Å². The third kappa shape index (κ3) is 3.68. The van der Waals surface area contributed by atoms with Crippen LogP contribution >= 0.6 is 0 Å². The van der Waals surface area contributed by atoms with Gasteiger partial charge in [0.2, 0.25) is 5.88 Å². The lowest BCUT2D eigenvalue weighted by molar-refractivity contribution is 0.0527. The van der Waals surface area contributed by atoms with Crippen molar-refractivity contribution in [2.24, 2.45) is 0 Å². The summed E-state index contributed by atoms with van der Waals surface area (Å²) in [5.74, 6) is 0.617. The third-order valence-corrected chi connectivity index (χ3v) is 2.79. The second kappa shape index (κ2) is 7.23. The lowest BCUT2D eigenvalue weighted by Gasteiger charge is -2.11. The maximum Gasteiger partial charge on any atom is 0.341 e. The molecule has 0 spiro atoms. The van der Waals surface area contributed by atoms with Crippen LogP contribution in [0.15, 0.2) is 36.7 Å². The minimum atomic E-state index is -0.397. The number of carbonyl (C=O) groups excluding carboxylic acids is 1. The van der Waals surface area contributed by atoms with Gasteiger partial charge in [-0.25, -0.2) is 14.8 Å². The number of carbonyl (C=O) groups is 1. The number of aromatic nitrogens is 2. The van der Waals surface area contributed by atoms with Crippen LogP contribution in [0.3, 0.4) is 0 Å². The van der Waals surface area contributed by atoms with Crippen LogP contribution in [-0.2, 0) is 11.3 Å². The van der Waals surface area contributed by atoms with E-state index < -0.39 is 5.97 Å². The molecule has 6 heteroatoms. The van der Waals surface area contributed by atoms with Gasteiger partial charge in [-0.3, -0.25) is 0 Å². The zero-order valence-electron chi connectivity index (χ0n) is 12.0. The molecule has 0 aliphatic heterocycles. The summed E-state index contributed by atoms with van der Waals surface area (Å²) in [5, 5.41) is 3.11. The normalized spacial score (nSPS) is 10.0. The van der Waals surface area contributed by atoms with E-state index in [1.165, 1.54) is 0 Å². The Labute approximate surface area is 123 Å². The van der Waals surface area contributed by atoms with Crippen molar-refractivity contribution in [2.75, 3.05) is 19.0 Å². The van der Waals surface area contributed by atoms with Gasteiger partial charge in [0.1, 0.15) is 11.4 Å². The number of anilines is 1. The van der Waals surface area contributed by atoms with Gasteiger partial charge in [-0.2, -0.15) is 0 Å². The van der Waals surface area contributed by atoms with E-state index in [2.05, 4.69) is 15.3 Å². The molecule has 0 atom stereocenters. The summed E-state index contributed by atoms with van der Waals surface area (Å²) in [7, 11) is 1.57. The number of esters is 1. The number of methoxy groups -OCH3 is 1. The van der Waals surface area contributed by atoms with Gasteiger partial charge in [-0.1, -0.05) is 6.07 Å². The number of rotatable bonds is 6. The summed E-state index contributed by atoms with van der Waals surface area (Å²) >= 11 is 0. The summed E-state index contributed by atoms with van der Waals surface area (Å²) in [6.07, 6.45) is 3.28. The molecule has 2 heterocycles. The molecule has 2 aromatic heterocycles. The van der Waals surface area contributed by atoms with Gasteiger partial charge in [0.15, 0.2) is 0 Å². The number of hydrogen-bond acceptors (Lipinski definition) is 6. The predicted molar refractivity (Wildman–Crippen MR) is 78.3 cm³/mol. The topological polar surface area (TPSA) is 73.3 Å². The average molecular weight is 287 g/mol. The zero-order chi connectivity index (χ0) is 15.1. The molecule has 0 aliphatic rings. The van der Waals surface area contributed by atoms with Crippen molar-refractivity contribution in [2.45, 2.75) is 13.5 Å². The Kier molecular flexibility index (Phi) is 5.09. The van der Waals surface area contributed by atoms with Crippen molar-refractivity contribution < 1.29 is 14.3 Å². The second-order valence-electron chi connectivity index (χ2n) is 4.15. The van der Waals surface area contributed by atoms with Crippen molar-refractivity contribution in [3.63, 3.8) is 0 Å². The third-order valence-electron chi connectivity index (χ3n) is 2.79. The fourth-order valence-corrected chi connectivity index (χ4v) is 1.84. The monoisotopic (exact) mass is 287 g/mol. The molecule has 2 rings (SSSR count). The van der Waals surface area contributed by atoms with Gasteiger partial charge >= 0.3 is 5.97 Å². The van der Waals surface area contributed by atoms with Gasteiger partial charge < -0.3 is 14.8 Å². The molecule has 0 amide bonds. The van der Waals surface area contributed by atoms with Crippen LogP contribution in [0.2, 0.25) is 0 Å². The minimum absolute atomic E-state index is 0.323. The highest BCUT2D eigenvalue weighted by molar-refractivity contribution is 5.94. The van der Waals surface area contributed by atoms with E-state index in [1.54, 1.807) is 38.6 Å². The van der Waals surface area contributed by atoms with E-state index in [9.17, 15) is 4.79 Å². The quantitative estimate of drug-likeness (QED) is 0.822. The molecular weight excluding hydrogens is 270 g/mol. The maximum absolute atomic E-state index is 11.9. The summed E-state index contributed by atoms with van der Waals surface area (Å²) in [5.41, 5.74) is 1.28. The number of ether oxygens (including phenoxy) is 2. The number of pyridine rings is 2. The molecule has 0 saturated heterocycles. The summed E-state index contributed by atoms with van der Waals surface area (Å²) in [4.78, 5) is 20.2. The van der Waals surface area contributed by atoms with Crippen molar-refractivity contribution in [3.05, 3.63) is 47.8 Å². The van der Waals surface area contributed by atoms with E-state index in [0.29, 0.717) is 30.4 Å². The Morgan fingerprint density at radius 3 is 2.76 bits per heavy atom. The molecule has 0 unspecified atom stereocenters. The Morgan fingerprint density at radius 1 is 1.24 bits per heavy atom. The van der Waals surface area contributed by atoms with E-state index >= 15 is 0 Å². The molecule has 2 aromatic rings. The summed E-state index contributed by atoms with van der Waals surface area (Å²) in [6, 6.07) is 7.09. The summed E-state index contributed by atoms with van der Waals surface area (Å²) in [6.45, 7) is 2.53. The fraction of sp³-hybridized carbons (Fsp3) is 0.267. The molecule has 0 fully saturated rings. The first-order chi connectivity index (χ1) is 10.3. The number of hydrogen-bond donors (Lipinski definition) is 1. The first-order valence-corrected chi connectivity index (χ1v) is 6.60. The van der Waals surface area contributed by atoms with Crippen LogP contribution in [0.5, 0.6) is 5.88 Å². The van der Waals surface area contributed by atoms with Gasteiger partial charge in [-0.15, -0.1) is 0 Å². The molecule has 0 aliphatic carbocycles. The molecule has 6 nitrogen and oxygen atoms in total. The van der Waals surface area contributed by atoms with E-state index in [4.69, 9.17) is 9.47 Å². The van der Waals surface area contributed by atoms with Gasteiger partial charge in [0, 0.05) is 24.5 Å². The van der Waals surface area contributed by atoms with Crippen LogP contribution in [0, 0.1) is 0 Å². The number of nitrogens with one attached hydrogen (secondary N) is 1. The average Bonchev–Trinajstić information content (AvgIpc) is 2.53. The Morgan fingerprint density at radius 2 is 2.00 bits per heavy atom.